The minimum atomic E-state index is -0.587. The molecule has 7 nitrogen and oxygen atoms in total. The highest BCUT2D eigenvalue weighted by molar-refractivity contribution is 6.33. The predicted octanol–water partition coefficient (Wildman–Crippen LogP) is 5.37. The average Bonchev–Trinajstić information content (AvgIpc) is 2.68. The normalized spacial score (nSPS) is 12.9. The van der Waals surface area contributed by atoms with Crippen LogP contribution >= 0.6 is 11.6 Å². The molecule has 0 fully saturated rings. The van der Waals surface area contributed by atoms with Crippen LogP contribution < -0.4 is 15.6 Å². The number of aryl methyl sites for hydroxylation is 2. The Kier molecular flexibility index (Phi) is 7.22. The van der Waals surface area contributed by atoms with Gasteiger partial charge in [0.05, 0.1) is 22.0 Å². The van der Waals surface area contributed by atoms with Gasteiger partial charge in [-0.05, 0) is 57.6 Å². The van der Waals surface area contributed by atoms with Crippen molar-refractivity contribution in [1.82, 2.24) is 14.9 Å². The molecule has 0 aliphatic rings. The second-order valence-corrected chi connectivity index (χ2v) is 10.2. The highest BCUT2D eigenvalue weighted by Gasteiger charge is 2.21. The Bertz CT molecular complexity index is 1240. The van der Waals surface area contributed by atoms with Crippen molar-refractivity contribution in [3.63, 3.8) is 0 Å². The van der Waals surface area contributed by atoms with Crippen molar-refractivity contribution < 1.29 is 14.3 Å². The van der Waals surface area contributed by atoms with Gasteiger partial charge in [0.1, 0.15) is 18.0 Å². The Hall–Kier alpha value is -2.80. The first-order valence-corrected chi connectivity index (χ1v) is 11.4. The number of alkyl carbamates (subject to hydrolysis) is 1. The number of fused-ring (bicyclic) bond motifs is 3. The van der Waals surface area contributed by atoms with Crippen molar-refractivity contribution in [3.05, 3.63) is 45.5 Å². The third kappa shape index (κ3) is 5.96. The van der Waals surface area contributed by atoms with E-state index in [-0.39, 0.29) is 18.2 Å². The van der Waals surface area contributed by atoms with Gasteiger partial charge in [-0.1, -0.05) is 25.4 Å². The number of hydrogen-bond acceptors (Lipinski definition) is 5. The zero-order chi connectivity index (χ0) is 24.5. The fourth-order valence-electron chi connectivity index (χ4n) is 3.79. The highest BCUT2D eigenvalue weighted by Crippen LogP contribution is 2.33. The molecule has 178 valence electrons. The smallest absolute Gasteiger partial charge is 0.407 e. The number of pyridine rings is 2. The van der Waals surface area contributed by atoms with Gasteiger partial charge in [0.2, 0.25) is 0 Å². The molecule has 0 radical (unpaired) electrons. The highest BCUT2D eigenvalue weighted by atomic mass is 35.5. The van der Waals surface area contributed by atoms with Gasteiger partial charge in [-0.25, -0.2) is 4.79 Å². The van der Waals surface area contributed by atoms with Crippen molar-refractivity contribution in [1.29, 1.82) is 0 Å². The SMILES string of the molecule is Cc1cc2c(cn1)c(=O)n(C)c1cc(OCC(CC(C)C)NC(=O)OC(C)(C)C)c(Cl)cc21. The molecular formula is C25H32ClN3O4. The number of ether oxygens (including phenoxy) is 2. The number of amides is 1. The van der Waals surface area contributed by atoms with Crippen molar-refractivity contribution in [2.75, 3.05) is 6.61 Å². The lowest BCUT2D eigenvalue weighted by Crippen LogP contribution is -2.42. The van der Waals surface area contributed by atoms with Gasteiger partial charge in [-0.2, -0.15) is 0 Å². The Morgan fingerprint density at radius 1 is 1.18 bits per heavy atom. The molecule has 0 spiro atoms. The van der Waals surface area contributed by atoms with E-state index in [9.17, 15) is 9.59 Å². The fraction of sp³-hybridized carbons (Fsp3) is 0.480. The first-order chi connectivity index (χ1) is 15.4. The van der Waals surface area contributed by atoms with E-state index in [0.717, 1.165) is 16.5 Å². The molecule has 1 unspecified atom stereocenters. The van der Waals surface area contributed by atoms with Crippen LogP contribution in [0.3, 0.4) is 0 Å². The summed E-state index contributed by atoms with van der Waals surface area (Å²) < 4.78 is 13.0. The van der Waals surface area contributed by atoms with Crippen LogP contribution in [0.25, 0.3) is 21.7 Å². The summed E-state index contributed by atoms with van der Waals surface area (Å²) in [7, 11) is 1.72. The van der Waals surface area contributed by atoms with E-state index < -0.39 is 11.7 Å². The molecule has 0 aliphatic carbocycles. The van der Waals surface area contributed by atoms with Crippen LogP contribution in [0.15, 0.2) is 29.2 Å². The molecule has 0 saturated heterocycles. The number of hydrogen-bond donors (Lipinski definition) is 1. The zero-order valence-corrected chi connectivity index (χ0v) is 21.0. The Morgan fingerprint density at radius 2 is 1.88 bits per heavy atom. The Labute approximate surface area is 199 Å². The van der Waals surface area contributed by atoms with Crippen LogP contribution in [0.4, 0.5) is 4.79 Å². The Morgan fingerprint density at radius 3 is 2.52 bits per heavy atom. The number of benzene rings is 1. The van der Waals surface area contributed by atoms with E-state index >= 15 is 0 Å². The molecule has 2 heterocycles. The van der Waals surface area contributed by atoms with E-state index in [1.165, 1.54) is 0 Å². The average molecular weight is 474 g/mol. The summed E-state index contributed by atoms with van der Waals surface area (Å²) in [6, 6.07) is 5.21. The van der Waals surface area contributed by atoms with Crippen molar-refractivity contribution in [2.45, 2.75) is 59.6 Å². The van der Waals surface area contributed by atoms with Gasteiger partial charge in [-0.15, -0.1) is 0 Å². The summed E-state index contributed by atoms with van der Waals surface area (Å²) in [5.74, 6) is 0.786. The second kappa shape index (κ2) is 9.59. The number of rotatable bonds is 6. The minimum absolute atomic E-state index is 0.137. The lowest BCUT2D eigenvalue weighted by molar-refractivity contribution is 0.0480. The predicted molar refractivity (Wildman–Crippen MR) is 132 cm³/mol. The molecule has 3 aromatic rings. The van der Waals surface area contributed by atoms with E-state index in [1.54, 1.807) is 23.9 Å². The van der Waals surface area contributed by atoms with Gasteiger partial charge in [0, 0.05) is 30.4 Å². The molecule has 1 aromatic carbocycles. The topological polar surface area (TPSA) is 82.5 Å². The molecule has 1 N–H and O–H groups in total. The molecule has 1 atom stereocenters. The van der Waals surface area contributed by atoms with E-state index in [1.807, 2.05) is 39.8 Å². The molecule has 1 amide bonds. The van der Waals surface area contributed by atoms with Gasteiger partial charge < -0.3 is 19.4 Å². The summed E-state index contributed by atoms with van der Waals surface area (Å²) in [5.41, 5.74) is 0.801. The van der Waals surface area contributed by atoms with Crippen molar-refractivity contribution in [3.8, 4) is 5.75 Å². The molecular weight excluding hydrogens is 442 g/mol. The molecule has 33 heavy (non-hydrogen) atoms. The molecule has 0 saturated carbocycles. The van der Waals surface area contributed by atoms with Gasteiger partial charge >= 0.3 is 6.09 Å². The zero-order valence-electron chi connectivity index (χ0n) is 20.3. The van der Waals surface area contributed by atoms with Gasteiger partial charge in [-0.3, -0.25) is 9.78 Å². The van der Waals surface area contributed by atoms with Crippen molar-refractivity contribution >= 4 is 39.4 Å². The van der Waals surface area contributed by atoms with Crippen LogP contribution in [0.2, 0.25) is 5.02 Å². The van der Waals surface area contributed by atoms with Crippen molar-refractivity contribution in [2.24, 2.45) is 13.0 Å². The van der Waals surface area contributed by atoms with E-state index in [0.29, 0.717) is 34.0 Å². The standard InChI is InChI=1S/C25H32ClN3O4/c1-14(2)8-16(28-24(31)33-25(4,5)6)13-32-22-11-21-18(10-20(22)26)17-9-15(3)27-12-19(17)23(30)29(21)7/h9-12,14,16H,8,13H2,1-7H3,(H,28,31). The second-order valence-electron chi connectivity index (χ2n) is 9.82. The lowest BCUT2D eigenvalue weighted by Gasteiger charge is -2.25. The summed E-state index contributed by atoms with van der Waals surface area (Å²) in [5, 5.41) is 5.51. The first kappa shape index (κ1) is 24.8. The first-order valence-electron chi connectivity index (χ1n) is 11.1. The summed E-state index contributed by atoms with van der Waals surface area (Å²) in [6.45, 7) is 11.7. The van der Waals surface area contributed by atoms with Crippen LogP contribution in [-0.4, -0.2) is 33.9 Å². The molecule has 3 rings (SSSR count). The van der Waals surface area contributed by atoms with Crippen LogP contribution in [0.5, 0.6) is 5.75 Å². The number of aromatic nitrogens is 2. The van der Waals surface area contributed by atoms with Gasteiger partial charge in [0.25, 0.3) is 5.56 Å². The lowest BCUT2D eigenvalue weighted by atomic mass is 10.0. The largest absolute Gasteiger partial charge is 0.490 e. The third-order valence-corrected chi connectivity index (χ3v) is 5.49. The maximum Gasteiger partial charge on any atom is 0.407 e. The Balaban J connectivity index is 1.92. The molecule has 2 aromatic heterocycles. The number of nitrogens with zero attached hydrogens (tertiary/aromatic N) is 2. The maximum atomic E-state index is 12.9. The number of carbonyl (C=O) groups excluding carboxylic acids is 1. The van der Waals surface area contributed by atoms with E-state index in [4.69, 9.17) is 21.1 Å². The monoisotopic (exact) mass is 473 g/mol. The molecule has 0 bridgehead atoms. The number of nitrogens with one attached hydrogen (secondary N) is 1. The fourth-order valence-corrected chi connectivity index (χ4v) is 4.01. The summed E-state index contributed by atoms with van der Waals surface area (Å²) >= 11 is 6.58. The maximum absolute atomic E-state index is 12.9. The quantitative estimate of drug-likeness (QED) is 0.487. The molecule has 8 heteroatoms. The van der Waals surface area contributed by atoms with Crippen LogP contribution in [-0.2, 0) is 11.8 Å². The summed E-state index contributed by atoms with van der Waals surface area (Å²) in [4.78, 5) is 29.4. The molecule has 0 aliphatic heterocycles. The van der Waals surface area contributed by atoms with Gasteiger partial charge in [0.15, 0.2) is 0 Å². The minimum Gasteiger partial charge on any atom is -0.490 e. The number of halogens is 1. The van der Waals surface area contributed by atoms with E-state index in [2.05, 4.69) is 24.1 Å². The third-order valence-electron chi connectivity index (χ3n) is 5.19. The summed E-state index contributed by atoms with van der Waals surface area (Å²) in [6.07, 6.45) is 1.82. The number of carbonyl (C=O) groups is 1. The van der Waals surface area contributed by atoms with Crippen LogP contribution in [0, 0.1) is 12.8 Å². The van der Waals surface area contributed by atoms with Crippen LogP contribution in [0.1, 0.15) is 46.7 Å².